The van der Waals surface area contributed by atoms with Crippen molar-refractivity contribution in [3.05, 3.63) is 41.0 Å². The Kier molecular flexibility index (Phi) is 6.80. The summed E-state index contributed by atoms with van der Waals surface area (Å²) in [5, 5.41) is 13.4. The van der Waals surface area contributed by atoms with Gasteiger partial charge in [0.25, 0.3) is 0 Å². The SMILES string of the molecule is COC[C@@H]1C(NC(=O)CN)c2cc3c(cc2C(c2cc(OC)c(O)c(OC)c2)C1C=O)OCO3. The lowest BCUT2D eigenvalue weighted by Gasteiger charge is -2.42. The van der Waals surface area contributed by atoms with Gasteiger partial charge in [-0.25, -0.2) is 0 Å². The number of phenolic OH excluding ortho intramolecular Hbond substituents is 1. The Hall–Kier alpha value is -3.50. The fraction of sp³-hybridized carbons (Fsp3) is 0.417. The van der Waals surface area contributed by atoms with Gasteiger partial charge >= 0.3 is 0 Å². The maximum atomic E-state index is 12.6. The molecule has 4 atom stereocenters. The van der Waals surface area contributed by atoms with Crippen molar-refractivity contribution in [1.29, 1.82) is 0 Å². The summed E-state index contributed by atoms with van der Waals surface area (Å²) in [7, 11) is 4.42. The minimum Gasteiger partial charge on any atom is -0.502 e. The molecular formula is C24H28N2O8. The zero-order chi connectivity index (χ0) is 24.4. The fourth-order valence-corrected chi connectivity index (χ4v) is 4.91. The molecule has 2 aliphatic rings. The second kappa shape index (κ2) is 9.78. The quantitative estimate of drug-likeness (QED) is 0.488. The molecule has 0 fully saturated rings. The number of hydrogen-bond acceptors (Lipinski definition) is 9. The van der Waals surface area contributed by atoms with Crippen LogP contribution in [0, 0.1) is 11.8 Å². The van der Waals surface area contributed by atoms with E-state index in [9.17, 15) is 14.7 Å². The number of carbonyl (C=O) groups is 2. The van der Waals surface area contributed by atoms with Crippen LogP contribution in [-0.2, 0) is 14.3 Å². The average molecular weight is 472 g/mol. The van der Waals surface area contributed by atoms with Crippen molar-refractivity contribution < 1.29 is 38.4 Å². The highest BCUT2D eigenvalue weighted by Gasteiger charge is 2.45. The van der Waals surface area contributed by atoms with Crippen LogP contribution >= 0.6 is 0 Å². The monoisotopic (exact) mass is 472 g/mol. The maximum Gasteiger partial charge on any atom is 0.234 e. The Bertz CT molecular complexity index is 1060. The number of rotatable bonds is 8. The summed E-state index contributed by atoms with van der Waals surface area (Å²) < 4.78 is 27.4. The predicted molar refractivity (Wildman–Crippen MR) is 120 cm³/mol. The van der Waals surface area contributed by atoms with E-state index >= 15 is 0 Å². The first kappa shape index (κ1) is 23.7. The van der Waals surface area contributed by atoms with Crippen LogP contribution in [0.4, 0.5) is 0 Å². The summed E-state index contributed by atoms with van der Waals surface area (Å²) in [6.45, 7) is 0.0788. The van der Waals surface area contributed by atoms with Crippen LogP contribution in [0.2, 0.25) is 0 Å². The number of nitrogens with two attached hydrogens (primary N) is 1. The Morgan fingerprint density at radius 2 is 1.74 bits per heavy atom. The summed E-state index contributed by atoms with van der Waals surface area (Å²) in [6, 6.07) is 6.46. The topological polar surface area (TPSA) is 139 Å². The smallest absolute Gasteiger partial charge is 0.234 e. The molecule has 182 valence electrons. The molecule has 0 saturated carbocycles. The highest BCUT2D eigenvalue weighted by Crippen LogP contribution is 2.53. The van der Waals surface area contributed by atoms with E-state index in [-0.39, 0.29) is 43.1 Å². The number of carbonyl (C=O) groups excluding carboxylic acids is 2. The first-order valence-corrected chi connectivity index (χ1v) is 10.8. The van der Waals surface area contributed by atoms with Gasteiger partial charge in [-0.3, -0.25) is 4.79 Å². The van der Waals surface area contributed by atoms with Crippen molar-refractivity contribution in [2.24, 2.45) is 17.6 Å². The number of hydrogen-bond donors (Lipinski definition) is 3. The minimum absolute atomic E-state index is 0.0716. The van der Waals surface area contributed by atoms with Crippen molar-refractivity contribution in [2.45, 2.75) is 12.0 Å². The van der Waals surface area contributed by atoms with Gasteiger partial charge in [0.05, 0.1) is 33.4 Å². The van der Waals surface area contributed by atoms with Gasteiger partial charge in [-0.2, -0.15) is 0 Å². The molecule has 4 N–H and O–H groups in total. The first-order valence-electron chi connectivity index (χ1n) is 10.8. The summed E-state index contributed by atoms with van der Waals surface area (Å²) in [5.41, 5.74) is 7.80. The molecule has 10 nitrogen and oxygen atoms in total. The third-order valence-electron chi connectivity index (χ3n) is 6.44. The molecular weight excluding hydrogens is 444 g/mol. The number of nitrogens with one attached hydrogen (secondary N) is 1. The van der Waals surface area contributed by atoms with Crippen LogP contribution in [0.15, 0.2) is 24.3 Å². The van der Waals surface area contributed by atoms with Crippen LogP contribution < -0.4 is 30.0 Å². The Morgan fingerprint density at radius 3 is 2.26 bits per heavy atom. The molecule has 1 heterocycles. The normalized spacial score (nSPS) is 22.6. The highest BCUT2D eigenvalue weighted by atomic mass is 16.7. The van der Waals surface area contributed by atoms with E-state index in [2.05, 4.69) is 5.32 Å². The van der Waals surface area contributed by atoms with Gasteiger partial charge in [0, 0.05) is 24.9 Å². The van der Waals surface area contributed by atoms with Gasteiger partial charge in [0.1, 0.15) is 6.29 Å². The van der Waals surface area contributed by atoms with Crippen molar-refractivity contribution in [1.82, 2.24) is 5.32 Å². The predicted octanol–water partition coefficient (Wildman–Crippen LogP) is 1.48. The van der Waals surface area contributed by atoms with Gasteiger partial charge in [-0.05, 0) is 41.0 Å². The molecule has 0 aromatic heterocycles. The van der Waals surface area contributed by atoms with E-state index in [4.69, 9.17) is 29.4 Å². The second-order valence-corrected chi connectivity index (χ2v) is 8.17. The van der Waals surface area contributed by atoms with E-state index in [0.717, 1.165) is 17.4 Å². The maximum absolute atomic E-state index is 12.6. The van der Waals surface area contributed by atoms with E-state index < -0.39 is 23.8 Å². The number of methoxy groups -OCH3 is 3. The molecule has 0 saturated heterocycles. The lowest BCUT2D eigenvalue weighted by molar-refractivity contribution is -0.123. The van der Waals surface area contributed by atoms with E-state index in [1.54, 1.807) is 19.2 Å². The molecule has 0 spiro atoms. The summed E-state index contributed by atoms with van der Waals surface area (Å²) in [4.78, 5) is 24.9. The molecule has 0 radical (unpaired) electrons. The lowest BCUT2D eigenvalue weighted by Crippen LogP contribution is -2.46. The molecule has 3 unspecified atom stereocenters. The number of fused-ring (bicyclic) bond motifs is 2. The molecule has 0 bridgehead atoms. The fourth-order valence-electron chi connectivity index (χ4n) is 4.91. The number of ether oxygens (including phenoxy) is 5. The third kappa shape index (κ3) is 3.99. The zero-order valence-corrected chi connectivity index (χ0v) is 19.2. The van der Waals surface area contributed by atoms with Gasteiger partial charge in [-0.15, -0.1) is 0 Å². The van der Waals surface area contributed by atoms with Crippen molar-refractivity contribution in [2.75, 3.05) is 41.3 Å². The lowest BCUT2D eigenvalue weighted by atomic mass is 9.64. The molecule has 1 aliphatic carbocycles. The van der Waals surface area contributed by atoms with Gasteiger partial charge < -0.3 is 44.6 Å². The number of aldehydes is 1. The van der Waals surface area contributed by atoms with Gasteiger partial charge in [0.2, 0.25) is 18.4 Å². The molecule has 2 aromatic carbocycles. The van der Waals surface area contributed by atoms with E-state index in [0.29, 0.717) is 17.1 Å². The molecule has 2 aromatic rings. The van der Waals surface area contributed by atoms with Crippen molar-refractivity contribution in [3.63, 3.8) is 0 Å². The van der Waals surface area contributed by atoms with Gasteiger partial charge in [0.15, 0.2) is 23.0 Å². The number of benzene rings is 2. The average Bonchev–Trinajstić information content (AvgIpc) is 3.31. The highest BCUT2D eigenvalue weighted by molar-refractivity contribution is 5.79. The number of amides is 1. The molecule has 10 heteroatoms. The van der Waals surface area contributed by atoms with Crippen molar-refractivity contribution >= 4 is 12.2 Å². The Labute approximate surface area is 196 Å². The molecule has 4 rings (SSSR count). The van der Waals surface area contributed by atoms with Crippen molar-refractivity contribution in [3.8, 4) is 28.7 Å². The van der Waals surface area contributed by atoms with Crippen LogP contribution in [0.3, 0.4) is 0 Å². The van der Waals surface area contributed by atoms with Crippen LogP contribution in [0.5, 0.6) is 28.7 Å². The van der Waals surface area contributed by atoms with Gasteiger partial charge in [-0.1, -0.05) is 0 Å². The zero-order valence-electron chi connectivity index (χ0n) is 19.2. The van der Waals surface area contributed by atoms with Crippen LogP contribution in [-0.4, -0.2) is 58.6 Å². The van der Waals surface area contributed by atoms with E-state index in [1.807, 2.05) is 12.1 Å². The largest absolute Gasteiger partial charge is 0.502 e. The third-order valence-corrected chi connectivity index (χ3v) is 6.44. The Balaban J connectivity index is 1.97. The summed E-state index contributed by atoms with van der Waals surface area (Å²) in [5.74, 6) is -0.476. The Morgan fingerprint density at radius 1 is 1.12 bits per heavy atom. The molecule has 34 heavy (non-hydrogen) atoms. The first-order chi connectivity index (χ1) is 16.5. The van der Waals surface area contributed by atoms with Crippen LogP contribution in [0.25, 0.3) is 0 Å². The van der Waals surface area contributed by atoms with E-state index in [1.165, 1.54) is 14.2 Å². The molecule has 1 aliphatic heterocycles. The standard InChI is InChI=1S/C24H28N2O8/c1-30-10-16-15(9-27)22(12-4-19(31-2)24(29)20(5-12)32-3)13-6-17-18(34-11-33-17)7-14(13)23(16)26-21(28)8-25/h4-7,9,15-16,22-23,29H,8,10-11,25H2,1-3H3,(H,26,28)/t15?,16-,22?,23?/m0/s1. The van der Waals surface area contributed by atoms with Crippen LogP contribution in [0.1, 0.15) is 28.7 Å². The number of aromatic hydroxyl groups is 1. The molecule has 1 amide bonds. The summed E-state index contributed by atoms with van der Waals surface area (Å²) >= 11 is 0. The second-order valence-electron chi connectivity index (χ2n) is 8.17. The minimum atomic E-state index is -0.602. The number of phenols is 1. The summed E-state index contributed by atoms with van der Waals surface area (Å²) in [6.07, 6.45) is 0.870.